The zero-order chi connectivity index (χ0) is 30.8. The number of ketones is 1. The van der Waals surface area contributed by atoms with E-state index in [1.807, 2.05) is 6.07 Å². The second kappa shape index (κ2) is 14.6. The van der Waals surface area contributed by atoms with Crippen LogP contribution in [0, 0.1) is 5.82 Å². The van der Waals surface area contributed by atoms with Crippen molar-refractivity contribution in [3.63, 3.8) is 0 Å². The van der Waals surface area contributed by atoms with Crippen molar-refractivity contribution in [2.75, 3.05) is 23.4 Å². The lowest BCUT2D eigenvalue weighted by molar-refractivity contribution is -0.137. The van der Waals surface area contributed by atoms with Crippen LogP contribution in [0.15, 0.2) is 115 Å². The summed E-state index contributed by atoms with van der Waals surface area (Å²) in [6, 6.07) is 27.8. The van der Waals surface area contributed by atoms with Gasteiger partial charge >= 0.3 is 5.97 Å². The van der Waals surface area contributed by atoms with E-state index in [2.05, 4.69) is 11.9 Å². The first-order valence-corrected chi connectivity index (χ1v) is 13.9. The van der Waals surface area contributed by atoms with Crippen molar-refractivity contribution >= 4 is 29.0 Å². The summed E-state index contributed by atoms with van der Waals surface area (Å²) in [5.74, 6) is -1.52. The number of rotatable bonds is 14. The third-order valence-corrected chi connectivity index (χ3v) is 6.75. The summed E-state index contributed by atoms with van der Waals surface area (Å²) in [4.78, 5) is 39.2. The van der Waals surface area contributed by atoms with Crippen LogP contribution >= 0.6 is 0 Å². The molecule has 0 aliphatic heterocycles. The molecule has 1 amide bonds. The van der Waals surface area contributed by atoms with Crippen molar-refractivity contribution in [1.29, 1.82) is 0 Å². The predicted octanol–water partition coefficient (Wildman–Crippen LogP) is 6.54. The quantitative estimate of drug-likeness (QED) is 0.0999. The summed E-state index contributed by atoms with van der Waals surface area (Å²) in [5, 5.41) is 13.0. The fourth-order valence-corrected chi connectivity index (χ4v) is 4.54. The molecule has 0 aromatic heterocycles. The maximum Gasteiger partial charge on any atom is 0.326 e. The van der Waals surface area contributed by atoms with Crippen molar-refractivity contribution in [3.8, 4) is 5.75 Å². The molecule has 0 saturated heterocycles. The monoisotopic (exact) mass is 580 g/mol. The predicted molar refractivity (Wildman–Crippen MR) is 165 cm³/mol. The Labute approximate surface area is 250 Å². The molecule has 0 bridgehead atoms. The number of carboxylic acids is 1. The number of anilines is 2. The number of halogens is 1. The lowest BCUT2D eigenvalue weighted by Gasteiger charge is -2.23. The number of nitrogens with zero attached hydrogens (tertiary/aromatic N) is 1. The van der Waals surface area contributed by atoms with E-state index in [0.717, 1.165) is 5.56 Å². The number of nitrogens with one attached hydrogen (secondary N) is 1. The Morgan fingerprint density at radius 3 is 2.23 bits per heavy atom. The molecule has 4 rings (SSSR count). The van der Waals surface area contributed by atoms with Gasteiger partial charge in [0, 0.05) is 35.4 Å². The van der Waals surface area contributed by atoms with Crippen LogP contribution in [-0.4, -0.2) is 42.0 Å². The smallest absolute Gasteiger partial charge is 0.326 e. The molecule has 0 radical (unpaired) electrons. The van der Waals surface area contributed by atoms with E-state index in [1.54, 1.807) is 97.9 Å². The van der Waals surface area contributed by atoms with Gasteiger partial charge < -0.3 is 20.1 Å². The number of benzene rings is 4. The van der Waals surface area contributed by atoms with Crippen LogP contribution in [0.2, 0.25) is 0 Å². The number of hydrogen-bond acceptors (Lipinski definition) is 5. The molecule has 7 nitrogen and oxygen atoms in total. The highest BCUT2D eigenvalue weighted by molar-refractivity contribution is 6.12. The van der Waals surface area contributed by atoms with Gasteiger partial charge in [0.05, 0.1) is 12.3 Å². The molecule has 0 saturated carbocycles. The first-order valence-electron chi connectivity index (χ1n) is 13.9. The molecule has 4 aromatic carbocycles. The third-order valence-electron chi connectivity index (χ3n) is 6.75. The van der Waals surface area contributed by atoms with Gasteiger partial charge in [0.1, 0.15) is 17.6 Å². The number of hydrogen-bond donors (Lipinski definition) is 2. The summed E-state index contributed by atoms with van der Waals surface area (Å²) in [6.45, 7) is 5.80. The Balaban J connectivity index is 1.36. The maximum absolute atomic E-state index is 14.4. The van der Waals surface area contributed by atoms with E-state index in [4.69, 9.17) is 4.74 Å². The SMILES string of the molecule is C=C(C)C(=O)N(CCCOc1ccc(CC(Nc2ccccc2C(=O)c2ccccc2)C(=O)O)cc1)c1ccccc1F. The normalized spacial score (nSPS) is 11.3. The highest BCUT2D eigenvalue weighted by Crippen LogP contribution is 2.23. The molecule has 0 aliphatic carbocycles. The van der Waals surface area contributed by atoms with Crippen molar-refractivity contribution in [1.82, 2.24) is 0 Å². The van der Waals surface area contributed by atoms with E-state index < -0.39 is 17.8 Å². The van der Waals surface area contributed by atoms with E-state index in [0.29, 0.717) is 34.6 Å². The van der Waals surface area contributed by atoms with Crippen LogP contribution in [0.4, 0.5) is 15.8 Å². The van der Waals surface area contributed by atoms with Crippen LogP contribution in [0.25, 0.3) is 0 Å². The Morgan fingerprint density at radius 2 is 1.56 bits per heavy atom. The van der Waals surface area contributed by atoms with Crippen molar-refractivity contribution < 1.29 is 28.6 Å². The van der Waals surface area contributed by atoms with E-state index >= 15 is 0 Å². The van der Waals surface area contributed by atoms with Gasteiger partial charge in [-0.05, 0) is 55.3 Å². The van der Waals surface area contributed by atoms with Crippen LogP contribution < -0.4 is 15.0 Å². The lowest BCUT2D eigenvalue weighted by Crippen LogP contribution is -2.33. The minimum atomic E-state index is -1.05. The third kappa shape index (κ3) is 8.16. The minimum Gasteiger partial charge on any atom is -0.494 e. The molecule has 2 N–H and O–H groups in total. The maximum atomic E-state index is 14.4. The molecular formula is C35H33FN2O5. The first-order chi connectivity index (χ1) is 20.7. The van der Waals surface area contributed by atoms with Gasteiger partial charge in [0.15, 0.2) is 5.78 Å². The summed E-state index contributed by atoms with van der Waals surface area (Å²) >= 11 is 0. The Kier molecular flexibility index (Phi) is 10.4. The number of para-hydroxylation sites is 2. The van der Waals surface area contributed by atoms with Crippen LogP contribution in [0.1, 0.15) is 34.8 Å². The second-order valence-corrected chi connectivity index (χ2v) is 10.0. The fourth-order valence-electron chi connectivity index (χ4n) is 4.54. The van der Waals surface area contributed by atoms with Crippen molar-refractivity contribution in [2.24, 2.45) is 0 Å². The van der Waals surface area contributed by atoms with Gasteiger partial charge in [-0.1, -0.05) is 73.3 Å². The number of ether oxygens (including phenoxy) is 1. The number of aliphatic carboxylic acids is 1. The van der Waals surface area contributed by atoms with Gasteiger partial charge in [-0.25, -0.2) is 9.18 Å². The number of amides is 1. The largest absolute Gasteiger partial charge is 0.494 e. The van der Waals surface area contributed by atoms with Crippen LogP contribution in [-0.2, 0) is 16.0 Å². The second-order valence-electron chi connectivity index (χ2n) is 10.0. The van der Waals surface area contributed by atoms with Gasteiger partial charge in [0.25, 0.3) is 5.91 Å². The van der Waals surface area contributed by atoms with Gasteiger partial charge in [-0.2, -0.15) is 0 Å². The molecule has 0 aliphatic rings. The van der Waals surface area contributed by atoms with Gasteiger partial charge in [0.2, 0.25) is 0 Å². The zero-order valence-corrected chi connectivity index (χ0v) is 23.8. The summed E-state index contributed by atoms with van der Waals surface area (Å²) in [6.07, 6.45) is 0.616. The highest BCUT2D eigenvalue weighted by atomic mass is 19.1. The minimum absolute atomic E-state index is 0.171. The van der Waals surface area contributed by atoms with Crippen molar-refractivity contribution in [2.45, 2.75) is 25.8 Å². The van der Waals surface area contributed by atoms with Gasteiger partial charge in [-0.3, -0.25) is 9.59 Å². The van der Waals surface area contributed by atoms with Crippen LogP contribution in [0.5, 0.6) is 5.75 Å². The van der Waals surface area contributed by atoms with E-state index in [-0.39, 0.29) is 37.0 Å². The topological polar surface area (TPSA) is 95.9 Å². The van der Waals surface area contributed by atoms with Crippen molar-refractivity contribution in [3.05, 3.63) is 138 Å². The molecule has 1 unspecified atom stereocenters. The van der Waals surface area contributed by atoms with Gasteiger partial charge in [-0.15, -0.1) is 0 Å². The first kappa shape index (κ1) is 30.7. The summed E-state index contributed by atoms with van der Waals surface area (Å²) in [5.41, 5.74) is 2.60. The Bertz CT molecular complexity index is 1590. The molecule has 43 heavy (non-hydrogen) atoms. The molecule has 0 spiro atoms. The van der Waals surface area contributed by atoms with Crippen LogP contribution in [0.3, 0.4) is 0 Å². The Hall–Kier alpha value is -5.24. The molecule has 0 fully saturated rings. The summed E-state index contributed by atoms with van der Waals surface area (Å²) in [7, 11) is 0. The summed E-state index contributed by atoms with van der Waals surface area (Å²) < 4.78 is 20.2. The molecule has 4 aromatic rings. The molecule has 1 atom stereocenters. The molecule has 220 valence electrons. The average Bonchev–Trinajstić information content (AvgIpc) is 3.02. The highest BCUT2D eigenvalue weighted by Gasteiger charge is 2.22. The van der Waals surface area contributed by atoms with E-state index in [1.165, 1.54) is 11.0 Å². The standard InChI is InChI=1S/C35H33FN2O5/c1-24(2)34(40)38(32-16-9-7-14-29(32)36)21-10-22-43-27-19-17-25(18-20-27)23-31(35(41)42)37-30-15-8-6-13-28(30)33(39)26-11-4-3-5-12-26/h3-9,11-20,31,37H,1,10,21-23H2,2H3,(H,41,42). The Morgan fingerprint density at radius 1 is 0.907 bits per heavy atom. The molecule has 8 heteroatoms. The zero-order valence-electron chi connectivity index (χ0n) is 23.8. The van der Waals surface area contributed by atoms with E-state index in [9.17, 15) is 23.9 Å². The average molecular weight is 581 g/mol. The molecular weight excluding hydrogens is 547 g/mol. The number of carboxylic acid groups (broad SMARTS) is 1. The molecule has 0 heterocycles. The number of carbonyl (C=O) groups is 3. The fraction of sp³-hybridized carbons (Fsp3) is 0.171. The number of carbonyl (C=O) groups excluding carboxylic acids is 2. The lowest BCUT2D eigenvalue weighted by atomic mass is 10.00.